The molecule has 0 amide bonds. The lowest BCUT2D eigenvalue weighted by atomic mass is 9.84. The third kappa shape index (κ3) is 5.66. The molecule has 0 aromatic heterocycles. The van der Waals surface area contributed by atoms with Crippen molar-refractivity contribution in [2.45, 2.75) is 85.8 Å². The van der Waals surface area contributed by atoms with Gasteiger partial charge in [0.1, 0.15) is 0 Å². The van der Waals surface area contributed by atoms with Crippen LogP contribution in [0.5, 0.6) is 0 Å². The Hall–Kier alpha value is -2.32. The topological polar surface area (TPSA) is 17.1 Å². The molecule has 0 atom stereocenters. The van der Waals surface area contributed by atoms with Crippen LogP contribution in [0.25, 0.3) is 0 Å². The van der Waals surface area contributed by atoms with Gasteiger partial charge < -0.3 is 0 Å². The van der Waals surface area contributed by atoms with E-state index < -0.39 is 0 Å². The molecular weight excluding hydrogens is 432 g/mol. The molecule has 5 rings (SSSR count). The molecule has 2 heteroatoms. The molecule has 0 spiro atoms. The summed E-state index contributed by atoms with van der Waals surface area (Å²) in [6.45, 7) is 0. The molecule has 34 heavy (non-hydrogen) atoms. The fourth-order valence-electron chi connectivity index (χ4n) is 5.82. The molecule has 0 aliphatic heterocycles. The molecule has 0 unspecified atom stereocenters. The highest BCUT2D eigenvalue weighted by Gasteiger charge is 2.30. The first-order valence-electron chi connectivity index (χ1n) is 13.3. The van der Waals surface area contributed by atoms with Gasteiger partial charge in [0.2, 0.25) is 5.78 Å². The van der Waals surface area contributed by atoms with E-state index in [0.29, 0.717) is 17.6 Å². The second-order valence-corrected chi connectivity index (χ2v) is 12.1. The maximum Gasteiger partial charge on any atom is 0.212 e. The van der Waals surface area contributed by atoms with Gasteiger partial charge in [0, 0.05) is 5.56 Å². The molecule has 2 saturated carbocycles. The molecule has 2 aliphatic rings. The molecule has 0 radical (unpaired) electrons. The third-order valence-electron chi connectivity index (χ3n) is 7.85. The normalized spacial score (nSPS) is 17.7. The number of benzene rings is 3. The highest BCUT2D eigenvalue weighted by molar-refractivity contribution is 7.97. The molecule has 3 aromatic rings. The van der Waals surface area contributed by atoms with Crippen molar-refractivity contribution < 1.29 is 4.79 Å². The van der Waals surface area contributed by atoms with Crippen LogP contribution in [0.3, 0.4) is 0 Å². The number of carbonyl (C=O) groups excluding carboxylic acids is 1. The molecular formula is C32H37OS+. The van der Waals surface area contributed by atoms with Gasteiger partial charge >= 0.3 is 0 Å². The SMILES string of the molecule is O=C(C[S+](c1ccc(C2CCCCC2)cc1)c1ccc(C2CCCCC2)cc1)c1ccccc1. The summed E-state index contributed by atoms with van der Waals surface area (Å²) < 4.78 is 0. The van der Waals surface area contributed by atoms with E-state index in [1.165, 1.54) is 85.1 Å². The summed E-state index contributed by atoms with van der Waals surface area (Å²) in [5.74, 6) is 2.20. The van der Waals surface area contributed by atoms with Crippen molar-refractivity contribution >= 4 is 16.7 Å². The van der Waals surface area contributed by atoms with Crippen molar-refractivity contribution in [2.75, 3.05) is 5.75 Å². The molecule has 2 aliphatic carbocycles. The van der Waals surface area contributed by atoms with Gasteiger partial charge in [0.15, 0.2) is 15.5 Å². The molecule has 0 N–H and O–H groups in total. The van der Waals surface area contributed by atoms with E-state index in [9.17, 15) is 4.79 Å². The van der Waals surface area contributed by atoms with Crippen LogP contribution in [-0.2, 0) is 10.9 Å². The zero-order valence-electron chi connectivity index (χ0n) is 20.3. The first-order chi connectivity index (χ1) is 16.8. The number of hydrogen-bond acceptors (Lipinski definition) is 1. The van der Waals surface area contributed by atoms with Crippen LogP contribution in [0, 0.1) is 0 Å². The van der Waals surface area contributed by atoms with Crippen LogP contribution in [0.2, 0.25) is 0 Å². The smallest absolute Gasteiger partial charge is 0.212 e. The number of ketones is 1. The number of carbonyl (C=O) groups is 1. The van der Waals surface area contributed by atoms with Crippen LogP contribution in [0.4, 0.5) is 0 Å². The second-order valence-electron chi connectivity index (χ2n) is 10.1. The van der Waals surface area contributed by atoms with E-state index >= 15 is 0 Å². The molecule has 1 nitrogen and oxygen atoms in total. The maximum absolute atomic E-state index is 13.2. The first-order valence-corrected chi connectivity index (χ1v) is 14.7. The monoisotopic (exact) mass is 469 g/mol. The van der Waals surface area contributed by atoms with Crippen LogP contribution >= 0.6 is 0 Å². The average Bonchev–Trinajstić information content (AvgIpc) is 2.93. The Bertz CT molecular complexity index is 981. The van der Waals surface area contributed by atoms with Crippen LogP contribution < -0.4 is 0 Å². The Kier molecular flexibility index (Phi) is 7.86. The summed E-state index contributed by atoms with van der Waals surface area (Å²) >= 11 is 0. The fourth-order valence-corrected chi connectivity index (χ4v) is 7.79. The molecule has 0 saturated heterocycles. The molecule has 2 fully saturated rings. The largest absolute Gasteiger partial charge is 0.289 e. The highest BCUT2D eigenvalue weighted by atomic mass is 32.2. The van der Waals surface area contributed by atoms with E-state index in [1.54, 1.807) is 0 Å². The Balaban J connectivity index is 1.40. The van der Waals surface area contributed by atoms with E-state index in [0.717, 1.165) is 5.56 Å². The summed E-state index contributed by atoms with van der Waals surface area (Å²) in [7, 11) is -0.258. The lowest BCUT2D eigenvalue weighted by Crippen LogP contribution is -2.18. The standard InChI is InChI=1S/C32H37OS/c33-32(29-14-8-3-9-15-29)24-34(30-20-16-27(17-21-30)25-10-4-1-5-11-25)31-22-18-28(19-23-31)26-12-6-2-7-13-26/h3,8-9,14-23,25-26H,1-2,4-7,10-13,24H2/q+1. The minimum absolute atomic E-state index is 0.233. The number of rotatable bonds is 7. The van der Waals surface area contributed by atoms with Crippen LogP contribution in [0.1, 0.15) is 97.5 Å². The summed E-state index contributed by atoms with van der Waals surface area (Å²) in [6.07, 6.45) is 13.5. The van der Waals surface area contributed by atoms with Gasteiger partial charge in [-0.15, -0.1) is 0 Å². The zero-order chi connectivity index (χ0) is 23.2. The predicted molar refractivity (Wildman–Crippen MR) is 144 cm³/mol. The van der Waals surface area contributed by atoms with Crippen molar-refractivity contribution in [3.05, 3.63) is 95.6 Å². The van der Waals surface area contributed by atoms with Gasteiger partial charge in [-0.3, -0.25) is 4.79 Å². The van der Waals surface area contributed by atoms with Crippen molar-refractivity contribution in [3.63, 3.8) is 0 Å². The summed E-state index contributed by atoms with van der Waals surface area (Å²) in [5, 5.41) is 0. The molecule has 0 bridgehead atoms. The van der Waals surface area contributed by atoms with E-state index in [-0.39, 0.29) is 16.7 Å². The van der Waals surface area contributed by atoms with Crippen molar-refractivity contribution in [2.24, 2.45) is 0 Å². The highest BCUT2D eigenvalue weighted by Crippen LogP contribution is 2.36. The minimum Gasteiger partial charge on any atom is -0.289 e. The quantitative estimate of drug-likeness (QED) is 0.250. The summed E-state index contributed by atoms with van der Waals surface area (Å²) in [4.78, 5) is 15.8. The van der Waals surface area contributed by atoms with E-state index in [1.807, 2.05) is 30.3 Å². The number of Topliss-reactive ketones (excluding diaryl/α,β-unsaturated/α-hetero) is 1. The van der Waals surface area contributed by atoms with Crippen molar-refractivity contribution in [1.29, 1.82) is 0 Å². The van der Waals surface area contributed by atoms with E-state index in [2.05, 4.69) is 48.5 Å². The van der Waals surface area contributed by atoms with Gasteiger partial charge in [0.05, 0.1) is 10.9 Å². The summed E-state index contributed by atoms with van der Waals surface area (Å²) in [6, 6.07) is 28.4. The lowest BCUT2D eigenvalue weighted by Gasteiger charge is -2.22. The Morgan fingerprint density at radius 2 is 1.03 bits per heavy atom. The Morgan fingerprint density at radius 1 is 0.588 bits per heavy atom. The second kappa shape index (κ2) is 11.4. The fraction of sp³-hybridized carbons (Fsp3) is 0.406. The van der Waals surface area contributed by atoms with Crippen LogP contribution in [0.15, 0.2) is 88.7 Å². The average molecular weight is 470 g/mol. The lowest BCUT2D eigenvalue weighted by molar-refractivity contribution is 0.102. The maximum atomic E-state index is 13.2. The number of hydrogen-bond donors (Lipinski definition) is 0. The Labute approximate surface area is 208 Å². The molecule has 3 aromatic carbocycles. The van der Waals surface area contributed by atoms with E-state index in [4.69, 9.17) is 0 Å². The third-order valence-corrected chi connectivity index (χ3v) is 10.1. The summed E-state index contributed by atoms with van der Waals surface area (Å²) in [5.41, 5.74) is 3.78. The first kappa shape index (κ1) is 23.4. The Morgan fingerprint density at radius 3 is 1.47 bits per heavy atom. The molecule has 0 heterocycles. The zero-order valence-corrected chi connectivity index (χ0v) is 21.1. The van der Waals surface area contributed by atoms with Crippen molar-refractivity contribution in [3.8, 4) is 0 Å². The van der Waals surface area contributed by atoms with Gasteiger partial charge in [-0.1, -0.05) is 93.1 Å². The van der Waals surface area contributed by atoms with Crippen molar-refractivity contribution in [1.82, 2.24) is 0 Å². The minimum atomic E-state index is -0.258. The van der Waals surface area contributed by atoms with Gasteiger partial charge in [-0.2, -0.15) is 0 Å². The van der Waals surface area contributed by atoms with Gasteiger partial charge in [-0.25, -0.2) is 0 Å². The van der Waals surface area contributed by atoms with Crippen LogP contribution in [-0.4, -0.2) is 11.5 Å². The molecule has 176 valence electrons. The van der Waals surface area contributed by atoms with Gasteiger partial charge in [-0.05, 0) is 72.9 Å². The van der Waals surface area contributed by atoms with Gasteiger partial charge in [0.25, 0.3) is 0 Å². The predicted octanol–water partition coefficient (Wildman–Crippen LogP) is 8.70.